The average molecular weight is 251 g/mol. The molecule has 1 unspecified atom stereocenters. The predicted octanol–water partition coefficient (Wildman–Crippen LogP) is 2.69. The molecule has 1 rings (SSSR count). The number of anilines is 1. The van der Waals surface area contributed by atoms with Crippen LogP contribution < -0.4 is 5.32 Å². The molecule has 0 aliphatic carbocycles. The van der Waals surface area contributed by atoms with E-state index in [9.17, 15) is 5.11 Å². The van der Waals surface area contributed by atoms with Crippen molar-refractivity contribution in [2.24, 2.45) is 5.92 Å². The molecule has 1 aromatic heterocycles. The number of aromatic nitrogens is 2. The predicted molar refractivity (Wildman–Crippen MR) is 74.7 cm³/mol. The highest BCUT2D eigenvalue weighted by atomic mass is 16.3. The van der Waals surface area contributed by atoms with Crippen LogP contribution in [-0.2, 0) is 0 Å². The Balaban J connectivity index is 2.52. The second kappa shape index (κ2) is 6.14. The van der Waals surface area contributed by atoms with Gasteiger partial charge in [0.2, 0.25) is 5.95 Å². The highest BCUT2D eigenvalue weighted by Gasteiger charge is 2.20. The third-order valence-corrected chi connectivity index (χ3v) is 2.87. The van der Waals surface area contributed by atoms with Crippen LogP contribution in [0.25, 0.3) is 0 Å². The molecule has 0 fully saturated rings. The summed E-state index contributed by atoms with van der Waals surface area (Å²) in [5, 5.41) is 13.4. The molecule has 0 radical (unpaired) electrons. The molecule has 0 bridgehead atoms. The van der Waals surface area contributed by atoms with Gasteiger partial charge in [-0.05, 0) is 45.6 Å². The zero-order valence-corrected chi connectivity index (χ0v) is 12.1. The zero-order chi connectivity index (χ0) is 13.8. The molecule has 0 aliphatic rings. The summed E-state index contributed by atoms with van der Waals surface area (Å²) in [5.74, 6) is 1.20. The van der Waals surface area contributed by atoms with Gasteiger partial charge >= 0.3 is 0 Å². The second-order valence-corrected chi connectivity index (χ2v) is 5.76. The summed E-state index contributed by atoms with van der Waals surface area (Å²) in [5.41, 5.74) is 1.16. The maximum atomic E-state index is 10.2. The van der Waals surface area contributed by atoms with Gasteiger partial charge in [0, 0.05) is 17.9 Å². The van der Waals surface area contributed by atoms with Gasteiger partial charge in [-0.25, -0.2) is 9.97 Å². The van der Waals surface area contributed by atoms with Gasteiger partial charge in [-0.3, -0.25) is 0 Å². The number of rotatable bonds is 6. The van der Waals surface area contributed by atoms with Gasteiger partial charge < -0.3 is 10.4 Å². The molecule has 1 heterocycles. The topological polar surface area (TPSA) is 58.0 Å². The van der Waals surface area contributed by atoms with Gasteiger partial charge in [-0.15, -0.1) is 0 Å². The summed E-state index contributed by atoms with van der Waals surface area (Å²) >= 11 is 0. The molecule has 2 N–H and O–H groups in total. The van der Waals surface area contributed by atoms with Crippen LogP contribution in [0.2, 0.25) is 0 Å². The molecular formula is C14H25N3O. The first kappa shape index (κ1) is 14.9. The second-order valence-electron chi connectivity index (χ2n) is 5.76. The minimum atomic E-state index is -0.717. The minimum Gasteiger partial charge on any atom is -0.388 e. The van der Waals surface area contributed by atoms with Crippen molar-refractivity contribution in [3.05, 3.63) is 17.5 Å². The maximum Gasteiger partial charge on any atom is 0.223 e. The lowest BCUT2D eigenvalue weighted by Crippen LogP contribution is -2.34. The molecule has 0 aromatic carbocycles. The quantitative estimate of drug-likeness (QED) is 0.816. The van der Waals surface area contributed by atoms with E-state index in [4.69, 9.17) is 0 Å². The molecule has 0 saturated heterocycles. The molecule has 18 heavy (non-hydrogen) atoms. The third-order valence-electron chi connectivity index (χ3n) is 2.87. The summed E-state index contributed by atoms with van der Waals surface area (Å²) in [6.07, 6.45) is 1.80. The van der Waals surface area contributed by atoms with Crippen LogP contribution >= 0.6 is 0 Å². The van der Waals surface area contributed by atoms with E-state index in [0.29, 0.717) is 18.4 Å². The van der Waals surface area contributed by atoms with E-state index in [0.717, 1.165) is 24.2 Å². The van der Waals surface area contributed by atoms with Gasteiger partial charge in [-0.2, -0.15) is 0 Å². The normalized spacial score (nSPS) is 14.6. The highest BCUT2D eigenvalue weighted by molar-refractivity contribution is 5.28. The maximum absolute atomic E-state index is 10.2. The fourth-order valence-electron chi connectivity index (χ4n) is 1.76. The lowest BCUT2D eigenvalue weighted by atomic mass is 9.95. The molecule has 102 valence electrons. The minimum absolute atomic E-state index is 0.475. The Morgan fingerprint density at radius 1 is 1.28 bits per heavy atom. The van der Waals surface area contributed by atoms with Gasteiger partial charge in [0.1, 0.15) is 0 Å². The summed E-state index contributed by atoms with van der Waals surface area (Å²) < 4.78 is 0. The summed E-state index contributed by atoms with van der Waals surface area (Å²) in [6.45, 7) is 10.5. The Hall–Kier alpha value is -1.16. The fourth-order valence-corrected chi connectivity index (χ4v) is 1.76. The molecule has 1 atom stereocenters. The Morgan fingerprint density at radius 3 is 2.33 bits per heavy atom. The Morgan fingerprint density at radius 2 is 1.83 bits per heavy atom. The number of hydrogen-bond acceptors (Lipinski definition) is 4. The Bertz CT molecular complexity index is 368. The highest BCUT2D eigenvalue weighted by Crippen LogP contribution is 2.17. The van der Waals surface area contributed by atoms with Crippen molar-refractivity contribution in [2.45, 2.75) is 53.1 Å². The number of aliphatic hydroxyl groups is 1. The van der Waals surface area contributed by atoms with Crippen molar-refractivity contribution in [2.75, 3.05) is 11.9 Å². The summed E-state index contributed by atoms with van der Waals surface area (Å²) in [4.78, 5) is 8.60. The smallest absolute Gasteiger partial charge is 0.223 e. The summed E-state index contributed by atoms with van der Waals surface area (Å²) in [7, 11) is 0. The molecule has 4 heteroatoms. The van der Waals surface area contributed by atoms with Crippen molar-refractivity contribution in [1.82, 2.24) is 9.97 Å². The van der Waals surface area contributed by atoms with E-state index in [1.807, 2.05) is 26.8 Å². The van der Waals surface area contributed by atoms with E-state index >= 15 is 0 Å². The molecule has 1 aromatic rings. The first-order valence-electron chi connectivity index (χ1n) is 6.57. The van der Waals surface area contributed by atoms with Gasteiger partial charge in [-0.1, -0.05) is 13.8 Å². The molecule has 0 aliphatic heterocycles. The van der Waals surface area contributed by atoms with E-state index in [-0.39, 0.29) is 0 Å². The SMILES string of the molecule is Cc1cc(C)nc(NCC(C)(O)CCC(C)C)n1. The van der Waals surface area contributed by atoms with Crippen LogP contribution in [-0.4, -0.2) is 27.2 Å². The van der Waals surface area contributed by atoms with Crippen LogP contribution in [0.3, 0.4) is 0 Å². The van der Waals surface area contributed by atoms with Crippen molar-refractivity contribution < 1.29 is 5.11 Å². The van der Waals surface area contributed by atoms with Gasteiger partial charge in [0.05, 0.1) is 5.60 Å². The molecule has 0 spiro atoms. The number of hydrogen-bond donors (Lipinski definition) is 2. The average Bonchev–Trinajstić information content (AvgIpc) is 2.23. The standard InChI is InChI=1S/C14H25N3O/c1-10(2)6-7-14(5,18)9-15-13-16-11(3)8-12(4)17-13/h8,10,18H,6-7,9H2,1-5H3,(H,15,16,17). The van der Waals surface area contributed by atoms with Crippen molar-refractivity contribution in [3.63, 3.8) is 0 Å². The number of aryl methyl sites for hydroxylation is 2. The lowest BCUT2D eigenvalue weighted by Gasteiger charge is -2.24. The van der Waals surface area contributed by atoms with Crippen molar-refractivity contribution in [1.29, 1.82) is 0 Å². The molecular weight excluding hydrogens is 226 g/mol. The zero-order valence-electron chi connectivity index (χ0n) is 12.1. The van der Waals surface area contributed by atoms with Crippen molar-refractivity contribution >= 4 is 5.95 Å². The Kier molecular flexibility index (Phi) is 5.08. The lowest BCUT2D eigenvalue weighted by molar-refractivity contribution is 0.0584. The monoisotopic (exact) mass is 251 g/mol. The van der Waals surface area contributed by atoms with Gasteiger partial charge in [0.25, 0.3) is 0 Å². The third kappa shape index (κ3) is 5.45. The van der Waals surface area contributed by atoms with Crippen LogP contribution in [0.5, 0.6) is 0 Å². The van der Waals surface area contributed by atoms with Crippen LogP contribution in [0, 0.1) is 19.8 Å². The molecule has 4 nitrogen and oxygen atoms in total. The fraction of sp³-hybridized carbons (Fsp3) is 0.714. The van der Waals surface area contributed by atoms with E-state index in [1.54, 1.807) is 0 Å². The largest absolute Gasteiger partial charge is 0.388 e. The van der Waals surface area contributed by atoms with Gasteiger partial charge in [0.15, 0.2) is 0 Å². The number of nitrogens with one attached hydrogen (secondary N) is 1. The van der Waals surface area contributed by atoms with E-state index in [1.165, 1.54) is 0 Å². The Labute approximate surface area is 110 Å². The summed E-state index contributed by atoms with van der Waals surface area (Å²) in [6, 6.07) is 1.93. The molecule has 0 saturated carbocycles. The van der Waals surface area contributed by atoms with Crippen LogP contribution in [0.4, 0.5) is 5.95 Å². The number of nitrogens with zero attached hydrogens (tertiary/aromatic N) is 2. The van der Waals surface area contributed by atoms with E-state index < -0.39 is 5.60 Å². The van der Waals surface area contributed by atoms with Crippen molar-refractivity contribution in [3.8, 4) is 0 Å². The molecule has 0 amide bonds. The first-order chi connectivity index (χ1) is 8.28. The van der Waals surface area contributed by atoms with Crippen LogP contribution in [0.15, 0.2) is 6.07 Å². The van der Waals surface area contributed by atoms with Crippen LogP contribution in [0.1, 0.15) is 45.0 Å². The van der Waals surface area contributed by atoms with E-state index in [2.05, 4.69) is 29.1 Å². The first-order valence-corrected chi connectivity index (χ1v) is 6.57.